The van der Waals surface area contributed by atoms with Crippen molar-refractivity contribution in [1.82, 2.24) is 5.32 Å². The van der Waals surface area contributed by atoms with E-state index in [-0.39, 0.29) is 5.91 Å². The number of carboxylic acids is 1. The van der Waals surface area contributed by atoms with Gasteiger partial charge in [-0.15, -0.1) is 0 Å². The van der Waals surface area contributed by atoms with Gasteiger partial charge >= 0.3 is 5.97 Å². The minimum atomic E-state index is -0.956. The van der Waals surface area contributed by atoms with Crippen LogP contribution in [0.15, 0.2) is 54.6 Å². The van der Waals surface area contributed by atoms with Crippen LogP contribution >= 0.6 is 0 Å². The van der Waals surface area contributed by atoms with Crippen LogP contribution in [0, 0.1) is 11.8 Å². The van der Waals surface area contributed by atoms with Crippen molar-refractivity contribution in [2.24, 2.45) is 11.8 Å². The summed E-state index contributed by atoms with van der Waals surface area (Å²) in [7, 11) is 0. The van der Waals surface area contributed by atoms with Gasteiger partial charge < -0.3 is 15.2 Å². The first-order chi connectivity index (χ1) is 12.5. The predicted octanol–water partition coefficient (Wildman–Crippen LogP) is 3.67. The van der Waals surface area contributed by atoms with Gasteiger partial charge in [-0.2, -0.15) is 0 Å². The van der Waals surface area contributed by atoms with Crippen molar-refractivity contribution in [3.8, 4) is 5.75 Å². The molecule has 2 unspecified atom stereocenters. The van der Waals surface area contributed by atoms with Crippen LogP contribution in [-0.2, 0) is 4.79 Å². The zero-order valence-electron chi connectivity index (χ0n) is 14.7. The summed E-state index contributed by atoms with van der Waals surface area (Å²) in [6, 6.07) is 15.5. The second-order valence-electron chi connectivity index (χ2n) is 6.77. The lowest BCUT2D eigenvalue weighted by atomic mass is 9.94. The molecule has 3 rings (SSSR count). The fraction of sp³-hybridized carbons (Fsp3) is 0.333. The fourth-order valence-electron chi connectivity index (χ4n) is 2.73. The molecule has 2 aromatic carbocycles. The third kappa shape index (κ3) is 4.63. The molecule has 2 atom stereocenters. The zero-order valence-corrected chi connectivity index (χ0v) is 14.7. The topological polar surface area (TPSA) is 75.6 Å². The first-order valence-electron chi connectivity index (χ1n) is 8.86. The van der Waals surface area contributed by atoms with Gasteiger partial charge in [-0.25, -0.2) is 0 Å². The number of benzene rings is 2. The molecule has 5 heteroatoms. The molecule has 0 heterocycles. The highest BCUT2D eigenvalue weighted by molar-refractivity contribution is 5.94. The van der Waals surface area contributed by atoms with Gasteiger partial charge in [-0.3, -0.25) is 9.59 Å². The minimum Gasteiger partial charge on any atom is -0.493 e. The Bertz CT molecular complexity index is 753. The quantitative estimate of drug-likeness (QED) is 0.759. The number of ether oxygens (including phenoxy) is 1. The molecule has 1 saturated carbocycles. The number of hydrogen-bond acceptors (Lipinski definition) is 3. The van der Waals surface area contributed by atoms with E-state index in [9.17, 15) is 14.7 Å². The van der Waals surface area contributed by atoms with E-state index in [0.717, 1.165) is 17.9 Å². The van der Waals surface area contributed by atoms with E-state index in [1.165, 1.54) is 12.8 Å². The monoisotopic (exact) mass is 353 g/mol. The highest BCUT2D eigenvalue weighted by Crippen LogP contribution is 2.29. The standard InChI is InChI=1S/C21H23NO4/c1-14(21(24)25)19(16-5-3-2-4-6-16)22-20(23)17-9-11-18(12-10-17)26-13-15-7-8-15/h2-6,9-12,14-15,19H,7-8,13H2,1H3,(H,22,23)(H,24,25). The second kappa shape index (κ2) is 8.04. The van der Waals surface area contributed by atoms with E-state index < -0.39 is 17.9 Å². The van der Waals surface area contributed by atoms with Crippen LogP contribution in [0.4, 0.5) is 0 Å². The lowest BCUT2D eigenvalue weighted by molar-refractivity contribution is -0.142. The summed E-state index contributed by atoms with van der Waals surface area (Å²) >= 11 is 0. The average Bonchev–Trinajstić information content (AvgIpc) is 3.49. The highest BCUT2D eigenvalue weighted by Gasteiger charge is 2.27. The Labute approximate surface area is 153 Å². The molecule has 0 bridgehead atoms. The Kier molecular flexibility index (Phi) is 5.56. The van der Waals surface area contributed by atoms with E-state index in [2.05, 4.69) is 5.32 Å². The van der Waals surface area contributed by atoms with Crippen molar-refractivity contribution < 1.29 is 19.4 Å². The summed E-state index contributed by atoms with van der Waals surface area (Å²) in [6.45, 7) is 2.31. The van der Waals surface area contributed by atoms with E-state index >= 15 is 0 Å². The van der Waals surface area contributed by atoms with Crippen molar-refractivity contribution >= 4 is 11.9 Å². The summed E-state index contributed by atoms with van der Waals surface area (Å²) in [5, 5.41) is 12.2. The van der Waals surface area contributed by atoms with Crippen LogP contribution in [0.2, 0.25) is 0 Å². The van der Waals surface area contributed by atoms with Crippen molar-refractivity contribution in [1.29, 1.82) is 0 Å². The summed E-state index contributed by atoms with van der Waals surface area (Å²) in [5.74, 6) is -0.597. The Morgan fingerprint density at radius 2 is 1.77 bits per heavy atom. The van der Waals surface area contributed by atoms with Crippen LogP contribution in [-0.4, -0.2) is 23.6 Å². The molecule has 1 amide bonds. The first-order valence-corrected chi connectivity index (χ1v) is 8.86. The van der Waals surface area contributed by atoms with Gasteiger partial charge in [0.15, 0.2) is 0 Å². The first kappa shape index (κ1) is 18.0. The molecule has 1 aliphatic rings. The molecule has 0 spiro atoms. The van der Waals surface area contributed by atoms with Crippen LogP contribution < -0.4 is 10.1 Å². The van der Waals surface area contributed by atoms with Gasteiger partial charge in [-0.1, -0.05) is 30.3 Å². The number of carbonyl (C=O) groups excluding carboxylic acids is 1. The molecule has 0 aliphatic heterocycles. The summed E-state index contributed by atoms with van der Waals surface area (Å²) in [5.41, 5.74) is 1.24. The predicted molar refractivity (Wildman–Crippen MR) is 98.1 cm³/mol. The van der Waals surface area contributed by atoms with E-state index in [1.807, 2.05) is 30.3 Å². The SMILES string of the molecule is CC(C(=O)O)C(NC(=O)c1ccc(OCC2CC2)cc1)c1ccccc1. The molecule has 0 radical (unpaired) electrons. The average molecular weight is 353 g/mol. The molecule has 1 fully saturated rings. The van der Waals surface area contributed by atoms with Gasteiger partial charge in [0.1, 0.15) is 5.75 Å². The smallest absolute Gasteiger partial charge is 0.308 e. The molecule has 5 nitrogen and oxygen atoms in total. The number of nitrogens with one attached hydrogen (secondary N) is 1. The van der Waals surface area contributed by atoms with Crippen molar-refractivity contribution in [3.63, 3.8) is 0 Å². The summed E-state index contributed by atoms with van der Waals surface area (Å²) in [6.07, 6.45) is 2.45. The third-order valence-corrected chi connectivity index (χ3v) is 4.63. The maximum Gasteiger partial charge on any atom is 0.308 e. The van der Waals surface area contributed by atoms with Gasteiger partial charge in [0, 0.05) is 5.56 Å². The van der Waals surface area contributed by atoms with Crippen molar-refractivity contribution in [2.45, 2.75) is 25.8 Å². The van der Waals surface area contributed by atoms with Crippen LogP contribution in [0.3, 0.4) is 0 Å². The minimum absolute atomic E-state index is 0.305. The summed E-state index contributed by atoms with van der Waals surface area (Å²) < 4.78 is 5.68. The highest BCUT2D eigenvalue weighted by atomic mass is 16.5. The molecule has 0 saturated heterocycles. The van der Waals surface area contributed by atoms with Crippen LogP contribution in [0.1, 0.15) is 41.7 Å². The number of amides is 1. The summed E-state index contributed by atoms with van der Waals surface area (Å²) in [4.78, 5) is 24.0. The molecule has 2 aromatic rings. The Hall–Kier alpha value is -2.82. The van der Waals surface area contributed by atoms with Crippen LogP contribution in [0.5, 0.6) is 5.75 Å². The van der Waals surface area contributed by atoms with Gasteiger partial charge in [0.25, 0.3) is 5.91 Å². The molecular formula is C21H23NO4. The number of aliphatic carboxylic acids is 1. The van der Waals surface area contributed by atoms with Gasteiger partial charge in [-0.05, 0) is 55.5 Å². The normalized spacial score (nSPS) is 15.7. The largest absolute Gasteiger partial charge is 0.493 e. The van der Waals surface area contributed by atoms with Crippen molar-refractivity contribution in [3.05, 3.63) is 65.7 Å². The Morgan fingerprint density at radius 1 is 1.12 bits per heavy atom. The lowest BCUT2D eigenvalue weighted by Crippen LogP contribution is -2.35. The zero-order chi connectivity index (χ0) is 18.5. The molecule has 136 valence electrons. The number of carboxylic acid groups (broad SMARTS) is 1. The molecule has 1 aliphatic carbocycles. The molecule has 2 N–H and O–H groups in total. The third-order valence-electron chi connectivity index (χ3n) is 4.63. The fourth-order valence-corrected chi connectivity index (χ4v) is 2.73. The molecule has 0 aromatic heterocycles. The number of rotatable bonds is 8. The van der Waals surface area contributed by atoms with E-state index in [0.29, 0.717) is 11.5 Å². The molecule has 26 heavy (non-hydrogen) atoms. The van der Waals surface area contributed by atoms with E-state index in [1.54, 1.807) is 31.2 Å². The van der Waals surface area contributed by atoms with E-state index in [4.69, 9.17) is 4.74 Å². The number of hydrogen-bond donors (Lipinski definition) is 2. The lowest BCUT2D eigenvalue weighted by Gasteiger charge is -2.23. The van der Waals surface area contributed by atoms with Crippen molar-refractivity contribution in [2.75, 3.05) is 6.61 Å². The number of carbonyl (C=O) groups is 2. The molecular weight excluding hydrogens is 330 g/mol. The maximum atomic E-state index is 12.6. The second-order valence-corrected chi connectivity index (χ2v) is 6.77. The van der Waals surface area contributed by atoms with Crippen LogP contribution in [0.25, 0.3) is 0 Å². The van der Waals surface area contributed by atoms with Gasteiger partial charge in [0.05, 0.1) is 18.6 Å². The Morgan fingerprint density at radius 3 is 2.35 bits per heavy atom. The maximum absolute atomic E-state index is 12.6. The Balaban J connectivity index is 1.69. The van der Waals surface area contributed by atoms with Gasteiger partial charge in [0.2, 0.25) is 0 Å².